The van der Waals surface area contributed by atoms with E-state index in [1.807, 2.05) is 33.3 Å². The third kappa shape index (κ3) is 33.0. The highest BCUT2D eigenvalue weighted by Gasteiger charge is 2.39. The molecule has 1 rings (SSSR count). The number of esters is 2. The van der Waals surface area contributed by atoms with E-state index in [1.54, 1.807) is 12.2 Å². The minimum absolute atomic E-state index is 0.0326. The molecular weight excluding hydrogens is 822 g/mol. The molecule has 1 saturated carbocycles. The molecule has 0 amide bonds. The molecule has 0 radical (unpaired) electrons. The smallest absolute Gasteiger partial charge is 0.306 e. The molecule has 358 valence electrons. The van der Waals surface area contributed by atoms with Crippen LogP contribution < -0.4 is 4.89 Å². The second-order valence-electron chi connectivity index (χ2n) is 17.2. The number of carbonyl (C=O) groups is 3. The summed E-state index contributed by atoms with van der Waals surface area (Å²) in [5.41, 5.74) is 0. The average Bonchev–Trinajstić information content (AvgIpc) is 3.50. The van der Waals surface area contributed by atoms with Crippen LogP contribution in [0.25, 0.3) is 0 Å². The van der Waals surface area contributed by atoms with Gasteiger partial charge in [-0.05, 0) is 64.2 Å². The molecule has 0 aliphatic heterocycles. The molecule has 0 spiro atoms. The van der Waals surface area contributed by atoms with Crippen LogP contribution in [0.5, 0.6) is 0 Å². The van der Waals surface area contributed by atoms with Gasteiger partial charge in [-0.2, -0.15) is 0 Å². The van der Waals surface area contributed by atoms with Crippen LogP contribution in [0.3, 0.4) is 0 Å². The van der Waals surface area contributed by atoms with Crippen molar-refractivity contribution in [3.05, 3.63) is 85.1 Å². The Bertz CT molecular complexity index is 1510. The first-order valence-corrected chi connectivity index (χ1v) is 24.9. The minimum atomic E-state index is -4.72. The topological polar surface area (TPSA) is 169 Å². The van der Waals surface area contributed by atoms with Crippen molar-refractivity contribution >= 4 is 25.5 Å². The lowest BCUT2D eigenvalue weighted by atomic mass is 9.88. The third-order valence-electron chi connectivity index (χ3n) is 10.3. The van der Waals surface area contributed by atoms with E-state index >= 15 is 0 Å². The normalized spacial score (nSPS) is 19.6. The van der Waals surface area contributed by atoms with E-state index < -0.39 is 44.7 Å². The lowest BCUT2D eigenvalue weighted by Gasteiger charge is -2.28. The number of ether oxygens (including phenoxy) is 2. The summed E-state index contributed by atoms with van der Waals surface area (Å²) in [5, 5.41) is 20.8. The number of carbonyl (C=O) groups excluding carboxylic acids is 3. The minimum Gasteiger partial charge on any atom is -0.756 e. The Morgan fingerprint density at radius 3 is 1.95 bits per heavy atom. The van der Waals surface area contributed by atoms with Crippen molar-refractivity contribution < 1.29 is 57.1 Å². The lowest BCUT2D eigenvalue weighted by Crippen LogP contribution is -2.37. The zero-order chi connectivity index (χ0) is 46.6. The van der Waals surface area contributed by atoms with E-state index in [9.17, 15) is 34.1 Å². The van der Waals surface area contributed by atoms with E-state index in [1.165, 1.54) is 0 Å². The van der Waals surface area contributed by atoms with Crippen molar-refractivity contribution in [1.82, 2.24) is 0 Å². The largest absolute Gasteiger partial charge is 0.756 e. The molecule has 2 N–H and O–H groups in total. The number of phosphoric acid groups is 1. The number of rotatable bonds is 37. The quantitative estimate of drug-likeness (QED) is 0.0200. The van der Waals surface area contributed by atoms with Crippen LogP contribution in [0, 0.1) is 11.8 Å². The molecule has 0 bridgehead atoms. The van der Waals surface area contributed by atoms with Gasteiger partial charge in [0.05, 0.1) is 40.0 Å². The number of allylic oxidation sites excluding steroid dienone is 12. The SMILES string of the molecule is CC/C=C\C/C=C\C/C=C\C/C=C\C/C=C\C/C=C\CCC(=O)OC[C@H](COP(=O)([O-])OCC[N+](C)(C)C)OC(=O)CCCCCC[C@H]1C(=O)C[C@@H](O)[C@@H]1/C=C/[C@@H](O)CCCCC. The standard InChI is InChI=1S/C50H82NO11P/c1-6-8-10-11-12-13-14-15-16-17-18-19-20-21-22-23-24-25-30-34-49(55)59-41-44(42-61-63(57,58)60-39-38-51(3,4)5)62-50(56)35-31-27-26-29-33-45-46(48(54)40-47(45)53)37-36-43(52)32-28-9-7-2/h8,10,12-13,15-16,18-19,21-22,24-25,36-37,43-46,48,52,54H,6-7,9,11,14,17,20,23,26-35,38-42H2,1-5H3/b10-8-,13-12-,16-15-,19-18-,22-21-,25-24-,37-36+/t43-,44+,45+,46+,48+/m0/s1. The number of ketones is 1. The second kappa shape index (κ2) is 36.1. The molecule has 0 aromatic heterocycles. The number of aliphatic hydroxyl groups excluding tert-OH is 2. The van der Waals surface area contributed by atoms with Gasteiger partial charge < -0.3 is 38.1 Å². The summed E-state index contributed by atoms with van der Waals surface area (Å²) in [6, 6.07) is 0. The first-order valence-electron chi connectivity index (χ1n) is 23.4. The maximum Gasteiger partial charge on any atom is 0.306 e. The molecule has 1 aliphatic rings. The fourth-order valence-corrected chi connectivity index (χ4v) is 7.36. The van der Waals surface area contributed by atoms with E-state index in [-0.39, 0.29) is 50.1 Å². The second-order valence-corrected chi connectivity index (χ2v) is 18.6. The zero-order valence-corrected chi connectivity index (χ0v) is 40.1. The van der Waals surface area contributed by atoms with Gasteiger partial charge in [0, 0.05) is 31.1 Å². The average molecular weight is 904 g/mol. The van der Waals surface area contributed by atoms with Gasteiger partial charge in [-0.25, -0.2) is 0 Å². The first kappa shape index (κ1) is 57.8. The third-order valence-corrected chi connectivity index (χ3v) is 11.3. The molecule has 13 heteroatoms. The van der Waals surface area contributed by atoms with Gasteiger partial charge in [-0.15, -0.1) is 0 Å². The van der Waals surface area contributed by atoms with Crippen molar-refractivity contribution in [2.75, 3.05) is 47.5 Å². The number of aliphatic hydroxyl groups is 2. The van der Waals surface area contributed by atoms with Gasteiger partial charge >= 0.3 is 11.9 Å². The Morgan fingerprint density at radius 2 is 1.37 bits per heavy atom. The Morgan fingerprint density at radius 1 is 0.778 bits per heavy atom. The van der Waals surface area contributed by atoms with Crippen LogP contribution >= 0.6 is 7.82 Å². The van der Waals surface area contributed by atoms with Crippen molar-refractivity contribution in [3.63, 3.8) is 0 Å². The predicted molar refractivity (Wildman–Crippen MR) is 250 cm³/mol. The molecule has 12 nitrogen and oxygen atoms in total. The maximum absolute atomic E-state index is 12.8. The number of likely N-dealkylation sites (N-methyl/N-ethyl adjacent to an activating group) is 1. The number of hydrogen-bond acceptors (Lipinski definition) is 11. The van der Waals surface area contributed by atoms with Gasteiger partial charge in [0.15, 0.2) is 6.10 Å². The van der Waals surface area contributed by atoms with Crippen LogP contribution in [-0.2, 0) is 37.5 Å². The fourth-order valence-electron chi connectivity index (χ4n) is 6.63. The van der Waals surface area contributed by atoms with Gasteiger partial charge in [-0.3, -0.25) is 18.9 Å². The highest BCUT2D eigenvalue weighted by Crippen LogP contribution is 2.38. The first-order chi connectivity index (χ1) is 30.2. The molecule has 63 heavy (non-hydrogen) atoms. The van der Waals surface area contributed by atoms with Gasteiger partial charge in [0.2, 0.25) is 0 Å². The molecular formula is C50H82NO11P. The number of unbranched alkanes of at least 4 members (excludes halogenated alkanes) is 5. The molecule has 0 saturated heterocycles. The van der Waals surface area contributed by atoms with Crippen LogP contribution in [0.15, 0.2) is 85.1 Å². The summed E-state index contributed by atoms with van der Waals surface area (Å²) < 4.78 is 33.8. The molecule has 6 atom stereocenters. The summed E-state index contributed by atoms with van der Waals surface area (Å²) in [6.45, 7) is 3.62. The molecule has 0 aromatic carbocycles. The number of nitrogens with zero attached hydrogens (tertiary/aromatic N) is 1. The molecule has 0 aromatic rings. The summed E-state index contributed by atoms with van der Waals surface area (Å²) in [7, 11) is 0.965. The van der Waals surface area contributed by atoms with E-state index in [0.717, 1.165) is 70.6 Å². The highest BCUT2D eigenvalue weighted by atomic mass is 31.2. The zero-order valence-electron chi connectivity index (χ0n) is 39.2. The predicted octanol–water partition coefficient (Wildman–Crippen LogP) is 9.53. The van der Waals surface area contributed by atoms with Crippen LogP contribution in [0.1, 0.15) is 136 Å². The van der Waals surface area contributed by atoms with Crippen LogP contribution in [0.4, 0.5) is 0 Å². The summed E-state index contributed by atoms with van der Waals surface area (Å²) in [4.78, 5) is 50.4. The van der Waals surface area contributed by atoms with Crippen LogP contribution in [0.2, 0.25) is 0 Å². The van der Waals surface area contributed by atoms with Crippen molar-refractivity contribution in [1.29, 1.82) is 0 Å². The van der Waals surface area contributed by atoms with E-state index in [0.29, 0.717) is 43.1 Å². The van der Waals surface area contributed by atoms with Crippen LogP contribution in [-0.4, -0.2) is 98.2 Å². The fraction of sp³-hybridized carbons (Fsp3) is 0.660. The number of quaternary nitrogens is 1. The van der Waals surface area contributed by atoms with Gasteiger partial charge in [0.25, 0.3) is 7.82 Å². The molecule has 0 heterocycles. The molecule has 1 unspecified atom stereocenters. The van der Waals surface area contributed by atoms with Crippen molar-refractivity contribution in [2.24, 2.45) is 11.8 Å². The van der Waals surface area contributed by atoms with E-state index in [4.69, 9.17) is 18.5 Å². The summed E-state index contributed by atoms with van der Waals surface area (Å²) in [5.74, 6) is -1.68. The molecule has 1 aliphatic carbocycles. The monoisotopic (exact) mass is 904 g/mol. The summed E-state index contributed by atoms with van der Waals surface area (Å²) in [6.07, 6.45) is 39.6. The summed E-state index contributed by atoms with van der Waals surface area (Å²) >= 11 is 0. The maximum atomic E-state index is 12.8. The van der Waals surface area contributed by atoms with E-state index in [2.05, 4.69) is 74.6 Å². The lowest BCUT2D eigenvalue weighted by molar-refractivity contribution is -0.870. The Kier molecular flexibility index (Phi) is 33.1. The number of Topliss-reactive ketones (excluding diaryl/α,β-unsaturated/α-hetero) is 1. The molecule has 1 fully saturated rings. The number of hydrogen-bond donors (Lipinski definition) is 2. The van der Waals surface area contributed by atoms with Gasteiger partial charge in [-0.1, -0.05) is 137 Å². The Hall–Kier alpha value is -3.22. The van der Waals surface area contributed by atoms with Gasteiger partial charge in [0.1, 0.15) is 25.5 Å². The highest BCUT2D eigenvalue weighted by molar-refractivity contribution is 7.45. The Labute approximate surface area is 380 Å². The van der Waals surface area contributed by atoms with Crippen molar-refractivity contribution in [2.45, 2.75) is 154 Å². The number of phosphoric ester groups is 1. The van der Waals surface area contributed by atoms with Crippen molar-refractivity contribution in [3.8, 4) is 0 Å². The Balaban J connectivity index is 2.51.